The zero-order chi connectivity index (χ0) is 14.1. The average Bonchev–Trinajstić information content (AvgIpc) is 2.91. The fourth-order valence-electron chi connectivity index (χ4n) is 3.06. The average molecular weight is 389 g/mol. The molecule has 2 unspecified atom stereocenters. The molecule has 110 valence electrons. The number of aryl methyl sites for hydroxylation is 1. The largest absolute Gasteiger partial charge is 0.367 e. The Kier molecular flexibility index (Phi) is 4.42. The minimum Gasteiger partial charge on any atom is -0.367 e. The van der Waals surface area contributed by atoms with Gasteiger partial charge in [-0.25, -0.2) is 4.98 Å². The molecule has 2 aliphatic heterocycles. The predicted octanol–water partition coefficient (Wildman–Crippen LogP) is 1.86. The molecule has 3 rings (SSSR count). The van der Waals surface area contributed by atoms with Crippen molar-refractivity contribution >= 4 is 22.6 Å². The second-order valence-electron chi connectivity index (χ2n) is 5.57. The number of aromatic nitrogens is 2. The monoisotopic (exact) mass is 389 g/mol. The van der Waals surface area contributed by atoms with Crippen LogP contribution >= 0.6 is 22.6 Å². The molecular weight excluding hydrogens is 369 g/mol. The Labute approximate surface area is 132 Å². The molecular formula is C14H20IN3O2. The number of hydrogen-bond donors (Lipinski definition) is 1. The van der Waals surface area contributed by atoms with E-state index >= 15 is 0 Å². The number of nitrogens with one attached hydrogen (secondary N) is 1. The number of morpholine rings is 1. The van der Waals surface area contributed by atoms with Gasteiger partial charge in [-0.2, -0.15) is 0 Å². The van der Waals surface area contributed by atoms with Gasteiger partial charge in [0, 0.05) is 12.6 Å². The number of halogens is 1. The van der Waals surface area contributed by atoms with E-state index in [-0.39, 0.29) is 11.7 Å². The lowest BCUT2D eigenvalue weighted by Crippen LogP contribution is -2.43. The van der Waals surface area contributed by atoms with E-state index in [1.54, 1.807) is 0 Å². The van der Waals surface area contributed by atoms with Crippen LogP contribution < -0.4 is 5.56 Å². The van der Waals surface area contributed by atoms with Crippen LogP contribution in [0.1, 0.15) is 43.8 Å². The third-order valence-electron chi connectivity index (χ3n) is 4.13. The number of aromatic amines is 1. The molecule has 0 aliphatic carbocycles. The summed E-state index contributed by atoms with van der Waals surface area (Å²) in [5.74, 6) is 0.698. The summed E-state index contributed by atoms with van der Waals surface area (Å²) in [6, 6.07) is 0.567. The van der Waals surface area contributed by atoms with Gasteiger partial charge in [-0.3, -0.25) is 9.69 Å². The Morgan fingerprint density at radius 3 is 3.20 bits per heavy atom. The van der Waals surface area contributed by atoms with Gasteiger partial charge < -0.3 is 9.72 Å². The molecule has 2 saturated heterocycles. The molecule has 20 heavy (non-hydrogen) atoms. The fraction of sp³-hybridized carbons (Fsp3) is 0.714. The zero-order valence-electron chi connectivity index (χ0n) is 11.7. The van der Waals surface area contributed by atoms with Crippen molar-refractivity contribution < 1.29 is 4.74 Å². The van der Waals surface area contributed by atoms with Crippen LogP contribution in [0.2, 0.25) is 0 Å². The minimum atomic E-state index is -0.0929. The summed E-state index contributed by atoms with van der Waals surface area (Å²) in [4.78, 5) is 22.0. The van der Waals surface area contributed by atoms with Crippen LogP contribution in [0.15, 0.2) is 4.79 Å². The Bertz CT molecular complexity index is 546. The molecule has 5 nitrogen and oxygen atoms in total. The first kappa shape index (κ1) is 14.5. The third kappa shape index (κ3) is 2.78. The first-order chi connectivity index (χ1) is 9.69. The molecule has 0 amide bonds. The topological polar surface area (TPSA) is 58.2 Å². The van der Waals surface area contributed by atoms with E-state index in [4.69, 9.17) is 4.74 Å². The minimum absolute atomic E-state index is 0.0359. The number of H-pyrrole nitrogens is 1. The van der Waals surface area contributed by atoms with Gasteiger partial charge in [-0.05, 0) is 48.4 Å². The molecule has 0 aromatic carbocycles. The van der Waals surface area contributed by atoms with Gasteiger partial charge in [0.15, 0.2) is 0 Å². The van der Waals surface area contributed by atoms with Crippen LogP contribution in [0.25, 0.3) is 0 Å². The van der Waals surface area contributed by atoms with Crippen LogP contribution in [-0.4, -0.2) is 40.6 Å². The number of fused-ring (bicyclic) bond motifs is 1. The summed E-state index contributed by atoms with van der Waals surface area (Å²) in [7, 11) is 0. The first-order valence-corrected chi connectivity index (χ1v) is 8.41. The molecule has 0 radical (unpaired) electrons. The van der Waals surface area contributed by atoms with Crippen molar-refractivity contribution in [1.82, 2.24) is 14.9 Å². The maximum absolute atomic E-state index is 12.0. The van der Waals surface area contributed by atoms with Crippen molar-refractivity contribution in [1.29, 1.82) is 0 Å². The van der Waals surface area contributed by atoms with Crippen molar-refractivity contribution in [2.24, 2.45) is 0 Å². The second kappa shape index (κ2) is 6.11. The van der Waals surface area contributed by atoms with Crippen molar-refractivity contribution in [3.8, 4) is 0 Å². The summed E-state index contributed by atoms with van der Waals surface area (Å²) >= 11 is 2.08. The van der Waals surface area contributed by atoms with Gasteiger partial charge in [-0.1, -0.05) is 13.3 Å². The highest BCUT2D eigenvalue weighted by molar-refractivity contribution is 14.1. The van der Waals surface area contributed by atoms with Gasteiger partial charge in [0.2, 0.25) is 0 Å². The maximum Gasteiger partial charge on any atom is 0.264 e. The van der Waals surface area contributed by atoms with Crippen LogP contribution in [0.3, 0.4) is 0 Å². The van der Waals surface area contributed by atoms with E-state index in [0.29, 0.717) is 15.4 Å². The highest BCUT2D eigenvalue weighted by atomic mass is 127. The van der Waals surface area contributed by atoms with Gasteiger partial charge in [-0.15, -0.1) is 0 Å². The van der Waals surface area contributed by atoms with Gasteiger partial charge >= 0.3 is 0 Å². The lowest BCUT2D eigenvalue weighted by atomic mass is 10.1. The Hall–Kier alpha value is -0.470. The third-order valence-corrected chi connectivity index (χ3v) is 5.24. The molecule has 1 aromatic heterocycles. The Morgan fingerprint density at radius 1 is 1.55 bits per heavy atom. The van der Waals surface area contributed by atoms with Crippen molar-refractivity contribution in [2.45, 2.75) is 44.8 Å². The van der Waals surface area contributed by atoms with E-state index in [2.05, 4.69) is 44.4 Å². The molecule has 2 fully saturated rings. The molecule has 0 spiro atoms. The highest BCUT2D eigenvalue weighted by Crippen LogP contribution is 2.28. The van der Waals surface area contributed by atoms with Crippen molar-refractivity contribution in [3.63, 3.8) is 0 Å². The smallest absolute Gasteiger partial charge is 0.264 e. The zero-order valence-corrected chi connectivity index (χ0v) is 13.9. The highest BCUT2D eigenvalue weighted by Gasteiger charge is 2.34. The molecule has 0 bridgehead atoms. The molecule has 2 atom stereocenters. The van der Waals surface area contributed by atoms with E-state index in [1.807, 2.05) is 0 Å². The van der Waals surface area contributed by atoms with E-state index in [9.17, 15) is 4.79 Å². The SMILES string of the molecule is CCCc1nc(C2CN3CCCC3CO2)[nH]c(=O)c1I. The Morgan fingerprint density at radius 2 is 2.40 bits per heavy atom. The number of rotatable bonds is 3. The van der Waals surface area contributed by atoms with Crippen molar-refractivity contribution in [2.75, 3.05) is 19.7 Å². The van der Waals surface area contributed by atoms with Crippen LogP contribution in [0, 0.1) is 3.57 Å². The van der Waals surface area contributed by atoms with E-state index in [1.165, 1.54) is 12.8 Å². The molecule has 1 aromatic rings. The lowest BCUT2D eigenvalue weighted by molar-refractivity contribution is -0.0543. The summed E-state index contributed by atoms with van der Waals surface area (Å²) in [6.45, 7) is 4.84. The predicted molar refractivity (Wildman–Crippen MR) is 84.9 cm³/mol. The lowest BCUT2D eigenvalue weighted by Gasteiger charge is -2.34. The number of nitrogens with zero attached hydrogens (tertiary/aromatic N) is 2. The first-order valence-electron chi connectivity index (χ1n) is 7.33. The summed E-state index contributed by atoms with van der Waals surface area (Å²) < 4.78 is 6.64. The van der Waals surface area contributed by atoms with Gasteiger partial charge in [0.05, 0.1) is 15.9 Å². The number of hydrogen-bond acceptors (Lipinski definition) is 4. The molecule has 1 N–H and O–H groups in total. The molecule has 2 aliphatic rings. The van der Waals surface area contributed by atoms with Crippen LogP contribution in [0.5, 0.6) is 0 Å². The standard InChI is InChI=1S/C14H20IN3O2/c1-2-4-10-12(15)14(19)17-13(16-10)11-7-18-6-3-5-9(18)8-20-11/h9,11H,2-8H2,1H3,(H,16,17,19). The molecule has 0 saturated carbocycles. The van der Waals surface area contributed by atoms with Crippen LogP contribution in [-0.2, 0) is 11.2 Å². The van der Waals surface area contributed by atoms with Crippen LogP contribution in [0.4, 0.5) is 0 Å². The number of ether oxygens (including phenoxy) is 1. The Balaban J connectivity index is 1.84. The summed E-state index contributed by atoms with van der Waals surface area (Å²) in [5, 5.41) is 0. The molecule has 6 heteroatoms. The van der Waals surface area contributed by atoms with Crippen molar-refractivity contribution in [3.05, 3.63) is 25.4 Å². The van der Waals surface area contributed by atoms with Gasteiger partial charge in [0.25, 0.3) is 5.56 Å². The quantitative estimate of drug-likeness (QED) is 0.802. The summed E-state index contributed by atoms with van der Waals surface area (Å²) in [5.41, 5.74) is 0.866. The normalized spacial score (nSPS) is 26.7. The maximum atomic E-state index is 12.0. The molecule has 3 heterocycles. The second-order valence-corrected chi connectivity index (χ2v) is 6.65. The van der Waals surface area contributed by atoms with E-state index in [0.717, 1.165) is 38.2 Å². The summed E-state index contributed by atoms with van der Waals surface area (Å²) in [6.07, 6.45) is 4.22. The fourth-order valence-corrected chi connectivity index (χ4v) is 3.59. The van der Waals surface area contributed by atoms with Gasteiger partial charge in [0.1, 0.15) is 11.9 Å². The van der Waals surface area contributed by atoms with E-state index < -0.39 is 0 Å².